The molecule has 0 saturated heterocycles. The molecule has 1 heterocycles. The summed E-state index contributed by atoms with van der Waals surface area (Å²) in [4.78, 5) is 12.4. The van der Waals surface area contributed by atoms with Gasteiger partial charge in [0, 0.05) is 24.0 Å². The monoisotopic (exact) mass is 256 g/mol. The third kappa shape index (κ3) is 2.37. The van der Waals surface area contributed by atoms with Crippen LogP contribution in [0.4, 0.5) is 0 Å². The van der Waals surface area contributed by atoms with E-state index in [2.05, 4.69) is 5.32 Å². The second-order valence-corrected chi connectivity index (χ2v) is 5.46. The predicted molar refractivity (Wildman–Crippen MR) is 77.3 cm³/mol. The maximum atomic E-state index is 12.4. The molecule has 2 aromatic rings. The van der Waals surface area contributed by atoms with Crippen LogP contribution in [0.25, 0.3) is 10.9 Å². The lowest BCUT2D eigenvalue weighted by Crippen LogP contribution is -2.36. The summed E-state index contributed by atoms with van der Waals surface area (Å²) >= 11 is 0. The van der Waals surface area contributed by atoms with E-state index in [1.165, 1.54) is 19.3 Å². The number of hydrogen-bond donors (Lipinski definition) is 1. The molecular weight excluding hydrogens is 236 g/mol. The molecular formula is C16H20N2O. The van der Waals surface area contributed by atoms with Crippen molar-refractivity contribution in [2.45, 2.75) is 38.1 Å². The number of aryl methyl sites for hydroxylation is 1. The van der Waals surface area contributed by atoms with Crippen LogP contribution in [0, 0.1) is 0 Å². The molecule has 1 N–H and O–H groups in total. The Morgan fingerprint density at radius 2 is 1.95 bits per heavy atom. The van der Waals surface area contributed by atoms with Crippen molar-refractivity contribution in [2.24, 2.45) is 7.05 Å². The summed E-state index contributed by atoms with van der Waals surface area (Å²) in [6.45, 7) is 0. The van der Waals surface area contributed by atoms with E-state index >= 15 is 0 Å². The number of carbonyl (C=O) groups is 1. The molecule has 0 radical (unpaired) electrons. The first-order chi connectivity index (χ1) is 9.25. The molecule has 0 unspecified atom stereocenters. The quantitative estimate of drug-likeness (QED) is 0.879. The van der Waals surface area contributed by atoms with E-state index in [0.29, 0.717) is 6.04 Å². The van der Waals surface area contributed by atoms with Crippen LogP contribution >= 0.6 is 0 Å². The fraction of sp³-hybridized carbons (Fsp3) is 0.438. The Morgan fingerprint density at radius 1 is 1.21 bits per heavy atom. The second kappa shape index (κ2) is 5.08. The van der Waals surface area contributed by atoms with Crippen molar-refractivity contribution in [3.8, 4) is 0 Å². The molecule has 1 saturated carbocycles. The largest absolute Gasteiger partial charge is 0.348 e. The van der Waals surface area contributed by atoms with E-state index in [1.54, 1.807) is 0 Å². The van der Waals surface area contributed by atoms with Gasteiger partial charge in [-0.1, -0.05) is 37.5 Å². The number of carbonyl (C=O) groups excluding carboxylic acids is 1. The zero-order chi connectivity index (χ0) is 13.2. The maximum Gasteiger partial charge on any atom is 0.268 e. The zero-order valence-electron chi connectivity index (χ0n) is 11.4. The van der Waals surface area contributed by atoms with Gasteiger partial charge in [-0.25, -0.2) is 0 Å². The van der Waals surface area contributed by atoms with Gasteiger partial charge in [-0.15, -0.1) is 0 Å². The SMILES string of the molecule is Cn1c(C(=O)NC2CCCCC2)cc2ccccc21. The van der Waals surface area contributed by atoms with Gasteiger partial charge in [0.15, 0.2) is 0 Å². The van der Waals surface area contributed by atoms with Crippen LogP contribution in [-0.2, 0) is 7.05 Å². The summed E-state index contributed by atoms with van der Waals surface area (Å²) in [5, 5.41) is 4.30. The van der Waals surface area contributed by atoms with E-state index < -0.39 is 0 Å². The van der Waals surface area contributed by atoms with Gasteiger partial charge in [0.25, 0.3) is 5.91 Å². The zero-order valence-corrected chi connectivity index (χ0v) is 11.4. The molecule has 1 aromatic heterocycles. The number of rotatable bonds is 2. The Kier molecular flexibility index (Phi) is 3.28. The van der Waals surface area contributed by atoms with Crippen LogP contribution in [0.1, 0.15) is 42.6 Å². The average Bonchev–Trinajstić information content (AvgIpc) is 2.78. The highest BCUT2D eigenvalue weighted by molar-refractivity contribution is 5.98. The molecule has 1 aliphatic rings. The molecule has 3 nitrogen and oxygen atoms in total. The Labute approximate surface area is 113 Å². The van der Waals surface area contributed by atoms with Crippen molar-refractivity contribution in [3.63, 3.8) is 0 Å². The molecule has 0 spiro atoms. The maximum absolute atomic E-state index is 12.4. The highest BCUT2D eigenvalue weighted by Gasteiger charge is 2.19. The molecule has 1 aliphatic carbocycles. The standard InChI is InChI=1S/C16H20N2O/c1-18-14-10-6-5-7-12(14)11-15(18)16(19)17-13-8-3-2-4-9-13/h5-7,10-11,13H,2-4,8-9H2,1H3,(H,17,19). The lowest BCUT2D eigenvalue weighted by atomic mass is 9.95. The molecule has 1 amide bonds. The third-order valence-electron chi connectivity index (χ3n) is 4.12. The summed E-state index contributed by atoms with van der Waals surface area (Å²) in [5.41, 5.74) is 1.86. The van der Waals surface area contributed by atoms with E-state index in [9.17, 15) is 4.79 Å². The number of fused-ring (bicyclic) bond motifs is 1. The summed E-state index contributed by atoms with van der Waals surface area (Å²) in [6, 6.07) is 10.4. The number of para-hydroxylation sites is 1. The molecule has 19 heavy (non-hydrogen) atoms. The van der Waals surface area contributed by atoms with Crippen LogP contribution in [0.2, 0.25) is 0 Å². The van der Waals surface area contributed by atoms with Gasteiger partial charge in [0.1, 0.15) is 5.69 Å². The van der Waals surface area contributed by atoms with Gasteiger partial charge in [-0.05, 0) is 25.0 Å². The van der Waals surface area contributed by atoms with E-state index in [1.807, 2.05) is 41.9 Å². The Hall–Kier alpha value is -1.77. The van der Waals surface area contributed by atoms with Gasteiger partial charge in [0.05, 0.1) is 0 Å². The third-order valence-corrected chi connectivity index (χ3v) is 4.12. The highest BCUT2D eigenvalue weighted by Crippen LogP contribution is 2.20. The van der Waals surface area contributed by atoms with Crippen LogP contribution < -0.4 is 5.32 Å². The van der Waals surface area contributed by atoms with Crippen LogP contribution in [0.5, 0.6) is 0 Å². The number of hydrogen-bond acceptors (Lipinski definition) is 1. The minimum Gasteiger partial charge on any atom is -0.348 e. The van der Waals surface area contributed by atoms with E-state index in [0.717, 1.165) is 29.4 Å². The number of benzene rings is 1. The molecule has 3 rings (SSSR count). The average molecular weight is 256 g/mol. The van der Waals surface area contributed by atoms with Crippen LogP contribution in [0.3, 0.4) is 0 Å². The summed E-state index contributed by atoms with van der Waals surface area (Å²) in [7, 11) is 1.96. The van der Waals surface area contributed by atoms with Crippen molar-refractivity contribution in [1.29, 1.82) is 0 Å². The van der Waals surface area contributed by atoms with Gasteiger partial charge in [-0.3, -0.25) is 4.79 Å². The molecule has 3 heteroatoms. The Morgan fingerprint density at radius 3 is 2.68 bits per heavy atom. The minimum atomic E-state index is 0.0607. The van der Waals surface area contributed by atoms with Crippen molar-refractivity contribution < 1.29 is 4.79 Å². The first kappa shape index (κ1) is 12.3. The Bertz CT molecular complexity index is 594. The molecule has 0 bridgehead atoms. The Balaban J connectivity index is 1.83. The smallest absolute Gasteiger partial charge is 0.268 e. The van der Waals surface area contributed by atoms with Gasteiger partial charge < -0.3 is 9.88 Å². The highest BCUT2D eigenvalue weighted by atomic mass is 16.2. The lowest BCUT2D eigenvalue weighted by Gasteiger charge is -2.22. The molecule has 0 atom stereocenters. The fourth-order valence-corrected chi connectivity index (χ4v) is 3.01. The molecule has 1 fully saturated rings. The summed E-state index contributed by atoms with van der Waals surface area (Å²) < 4.78 is 1.98. The lowest BCUT2D eigenvalue weighted by molar-refractivity contribution is 0.0920. The van der Waals surface area contributed by atoms with Gasteiger partial charge >= 0.3 is 0 Å². The molecule has 0 aliphatic heterocycles. The first-order valence-electron chi connectivity index (χ1n) is 7.11. The van der Waals surface area contributed by atoms with Gasteiger partial charge in [-0.2, -0.15) is 0 Å². The second-order valence-electron chi connectivity index (χ2n) is 5.46. The molecule has 1 aromatic carbocycles. The van der Waals surface area contributed by atoms with Crippen molar-refractivity contribution in [1.82, 2.24) is 9.88 Å². The minimum absolute atomic E-state index is 0.0607. The number of nitrogens with one attached hydrogen (secondary N) is 1. The predicted octanol–water partition coefficient (Wildman–Crippen LogP) is 3.24. The van der Waals surface area contributed by atoms with Crippen molar-refractivity contribution >= 4 is 16.8 Å². The van der Waals surface area contributed by atoms with Crippen molar-refractivity contribution in [3.05, 3.63) is 36.0 Å². The van der Waals surface area contributed by atoms with Crippen molar-refractivity contribution in [2.75, 3.05) is 0 Å². The topological polar surface area (TPSA) is 34.0 Å². The number of nitrogens with zero attached hydrogens (tertiary/aromatic N) is 1. The van der Waals surface area contributed by atoms with E-state index in [4.69, 9.17) is 0 Å². The van der Waals surface area contributed by atoms with Crippen LogP contribution in [0.15, 0.2) is 30.3 Å². The fourth-order valence-electron chi connectivity index (χ4n) is 3.01. The van der Waals surface area contributed by atoms with Crippen LogP contribution in [-0.4, -0.2) is 16.5 Å². The molecule has 100 valence electrons. The summed E-state index contributed by atoms with van der Waals surface area (Å²) in [6.07, 6.45) is 6.02. The number of aromatic nitrogens is 1. The summed E-state index contributed by atoms with van der Waals surface area (Å²) in [5.74, 6) is 0.0607. The normalized spacial score (nSPS) is 16.7. The van der Waals surface area contributed by atoms with E-state index in [-0.39, 0.29) is 5.91 Å². The van der Waals surface area contributed by atoms with Gasteiger partial charge in [0.2, 0.25) is 0 Å². The number of amides is 1. The first-order valence-corrected chi connectivity index (χ1v) is 7.11.